The van der Waals surface area contributed by atoms with Crippen molar-refractivity contribution >= 4 is 28.8 Å². The molecule has 0 N–H and O–H groups in total. The van der Waals surface area contributed by atoms with E-state index < -0.39 is 0 Å². The molecule has 0 bridgehead atoms. The topological polar surface area (TPSA) is 61.3 Å². The number of rotatable bonds is 7. The number of allylic oxidation sites excluding steroid dienone is 2. The number of carbonyl (C=O) groups is 1. The molecule has 0 aliphatic rings. The lowest BCUT2D eigenvalue weighted by Gasteiger charge is -2.10. The molecule has 0 aliphatic heterocycles. The predicted octanol–water partition coefficient (Wildman–Crippen LogP) is 6.03. The highest BCUT2D eigenvalue weighted by Crippen LogP contribution is 2.30. The van der Waals surface area contributed by atoms with E-state index in [0.29, 0.717) is 17.4 Å². The number of nitrogens with zero attached hydrogens (tertiary/aromatic N) is 2. The molecule has 5 heteroatoms. The Labute approximate surface area is 186 Å². The maximum absolute atomic E-state index is 12.4. The van der Waals surface area contributed by atoms with Gasteiger partial charge in [0.2, 0.25) is 5.88 Å². The summed E-state index contributed by atoms with van der Waals surface area (Å²) in [5, 5.41) is 0.835. The molecule has 0 aliphatic carbocycles. The van der Waals surface area contributed by atoms with Gasteiger partial charge in [0.25, 0.3) is 0 Å². The Balaban J connectivity index is 1.55. The first-order chi connectivity index (χ1) is 15.7. The second-order valence-corrected chi connectivity index (χ2v) is 7.10. The smallest absolute Gasteiger partial charge is 0.230 e. The molecule has 158 valence electrons. The number of aromatic nitrogens is 2. The van der Waals surface area contributed by atoms with E-state index in [1.807, 2.05) is 73.7 Å². The molecule has 4 rings (SSSR count). The van der Waals surface area contributed by atoms with E-state index in [2.05, 4.69) is 9.97 Å². The monoisotopic (exact) mass is 422 g/mol. The summed E-state index contributed by atoms with van der Waals surface area (Å²) in [6.45, 7) is 2.00. The van der Waals surface area contributed by atoms with Crippen molar-refractivity contribution in [3.63, 3.8) is 0 Å². The number of fused-ring (bicyclic) bond motifs is 1. The average Bonchev–Trinajstić information content (AvgIpc) is 2.83. The Morgan fingerprint density at radius 2 is 1.47 bits per heavy atom. The van der Waals surface area contributed by atoms with Gasteiger partial charge in [0.1, 0.15) is 17.8 Å². The van der Waals surface area contributed by atoms with Gasteiger partial charge in [-0.3, -0.25) is 4.79 Å². The third-order valence-electron chi connectivity index (χ3n) is 4.95. The Bertz CT molecular complexity index is 1330. The molecule has 0 saturated carbocycles. The summed E-state index contributed by atoms with van der Waals surface area (Å²) in [4.78, 5) is 21.1. The third kappa shape index (κ3) is 4.73. The Kier molecular flexibility index (Phi) is 6.37. The fourth-order valence-electron chi connectivity index (χ4n) is 3.31. The van der Waals surface area contributed by atoms with Crippen LogP contribution in [0.4, 0.5) is 0 Å². The molecule has 3 aromatic carbocycles. The first kappa shape index (κ1) is 21.0. The van der Waals surface area contributed by atoms with E-state index in [-0.39, 0.29) is 5.78 Å². The summed E-state index contributed by atoms with van der Waals surface area (Å²) in [5.41, 5.74) is 3.51. The number of methoxy groups -OCH3 is 1. The summed E-state index contributed by atoms with van der Waals surface area (Å²) in [6.07, 6.45) is 7.99. The van der Waals surface area contributed by atoms with Gasteiger partial charge < -0.3 is 9.47 Å². The van der Waals surface area contributed by atoms with Crippen molar-refractivity contribution in [1.29, 1.82) is 0 Å². The van der Waals surface area contributed by atoms with Crippen LogP contribution >= 0.6 is 0 Å². The van der Waals surface area contributed by atoms with Crippen LogP contribution in [-0.2, 0) is 4.79 Å². The zero-order valence-corrected chi connectivity index (χ0v) is 17.9. The van der Waals surface area contributed by atoms with Crippen LogP contribution in [0.2, 0.25) is 0 Å². The quantitative estimate of drug-likeness (QED) is 0.340. The lowest BCUT2D eigenvalue weighted by molar-refractivity contribution is -0.110. The van der Waals surface area contributed by atoms with E-state index in [0.717, 1.165) is 27.6 Å². The van der Waals surface area contributed by atoms with Crippen molar-refractivity contribution in [3.8, 4) is 17.4 Å². The Morgan fingerprint density at radius 3 is 2.19 bits per heavy atom. The Hall–Kier alpha value is -4.25. The minimum absolute atomic E-state index is 0.145. The van der Waals surface area contributed by atoms with Gasteiger partial charge in [-0.1, -0.05) is 48.5 Å². The maximum Gasteiger partial charge on any atom is 0.230 e. The third-order valence-corrected chi connectivity index (χ3v) is 4.95. The summed E-state index contributed by atoms with van der Waals surface area (Å²) < 4.78 is 11.4. The number of hydrogen-bond acceptors (Lipinski definition) is 5. The number of ketones is 1. The molecule has 0 amide bonds. The van der Waals surface area contributed by atoms with Gasteiger partial charge in [0, 0.05) is 11.1 Å². The predicted molar refractivity (Wildman–Crippen MR) is 127 cm³/mol. The number of hydrogen-bond donors (Lipinski definition) is 0. The first-order valence-corrected chi connectivity index (χ1v) is 10.2. The van der Waals surface area contributed by atoms with Gasteiger partial charge in [-0.25, -0.2) is 9.97 Å². The van der Waals surface area contributed by atoms with Crippen LogP contribution in [0.25, 0.3) is 23.1 Å². The second-order valence-electron chi connectivity index (χ2n) is 7.10. The molecule has 0 atom stereocenters. The number of para-hydroxylation sites is 3. The highest BCUT2D eigenvalue weighted by molar-refractivity contribution is 6.04. The van der Waals surface area contributed by atoms with E-state index in [1.165, 1.54) is 18.5 Å². The maximum atomic E-state index is 12.4. The van der Waals surface area contributed by atoms with Gasteiger partial charge in [0.15, 0.2) is 5.78 Å². The largest absolute Gasteiger partial charge is 0.496 e. The molecule has 0 radical (unpaired) electrons. The zero-order valence-electron chi connectivity index (χ0n) is 17.9. The molecule has 0 unspecified atom stereocenters. The molecular formula is C27H22N2O3. The fraction of sp³-hybridized carbons (Fsp3) is 0.0741. The number of carbonyl (C=O) groups excluding carboxylic acids is 1. The van der Waals surface area contributed by atoms with E-state index in [1.54, 1.807) is 19.3 Å². The lowest BCUT2D eigenvalue weighted by atomic mass is 10.1. The molecule has 0 saturated heterocycles. The minimum atomic E-state index is -0.145. The average molecular weight is 422 g/mol. The second kappa shape index (κ2) is 9.71. The molecule has 0 spiro atoms. The highest BCUT2D eigenvalue weighted by atomic mass is 16.5. The van der Waals surface area contributed by atoms with Crippen molar-refractivity contribution in [1.82, 2.24) is 9.97 Å². The van der Waals surface area contributed by atoms with Crippen LogP contribution < -0.4 is 9.47 Å². The normalized spacial score (nSPS) is 11.3. The van der Waals surface area contributed by atoms with Crippen molar-refractivity contribution in [3.05, 3.63) is 102 Å². The van der Waals surface area contributed by atoms with Crippen molar-refractivity contribution < 1.29 is 14.3 Å². The number of aryl methyl sites for hydroxylation is 1. The Morgan fingerprint density at radius 1 is 0.812 bits per heavy atom. The standard InChI is InChI=1S/C27H22N2O3/c1-19-8-7-11-23-26(19)28-18-29-27(23)32-25-13-6-4-10-21(25)15-17-22(30)16-14-20-9-3-5-12-24(20)31-2/h3-18H,1-2H3. The van der Waals surface area contributed by atoms with Gasteiger partial charge in [-0.2, -0.15) is 0 Å². The SMILES string of the molecule is COc1ccccc1C=CC(=O)C=Cc1ccccc1Oc1ncnc2c(C)cccc12. The van der Waals surface area contributed by atoms with Crippen LogP contribution in [0.3, 0.4) is 0 Å². The summed E-state index contributed by atoms with van der Waals surface area (Å²) in [5.74, 6) is 1.65. The van der Waals surface area contributed by atoms with Crippen LogP contribution in [0.15, 0.2) is 85.2 Å². The van der Waals surface area contributed by atoms with E-state index in [9.17, 15) is 4.79 Å². The molecule has 0 fully saturated rings. The summed E-state index contributed by atoms with van der Waals surface area (Å²) in [7, 11) is 1.60. The van der Waals surface area contributed by atoms with Crippen LogP contribution in [0, 0.1) is 6.92 Å². The fourth-order valence-corrected chi connectivity index (χ4v) is 3.31. The van der Waals surface area contributed by atoms with Crippen molar-refractivity contribution in [2.75, 3.05) is 7.11 Å². The van der Waals surface area contributed by atoms with E-state index in [4.69, 9.17) is 9.47 Å². The molecular weight excluding hydrogens is 400 g/mol. The van der Waals surface area contributed by atoms with E-state index >= 15 is 0 Å². The highest BCUT2D eigenvalue weighted by Gasteiger charge is 2.09. The zero-order chi connectivity index (χ0) is 22.3. The van der Waals surface area contributed by atoms with Crippen LogP contribution in [0.1, 0.15) is 16.7 Å². The lowest BCUT2D eigenvalue weighted by Crippen LogP contribution is -1.94. The van der Waals surface area contributed by atoms with Gasteiger partial charge in [-0.15, -0.1) is 0 Å². The molecule has 5 nitrogen and oxygen atoms in total. The van der Waals surface area contributed by atoms with Crippen LogP contribution in [-0.4, -0.2) is 22.9 Å². The van der Waals surface area contributed by atoms with Crippen molar-refractivity contribution in [2.45, 2.75) is 6.92 Å². The number of benzene rings is 3. The first-order valence-electron chi connectivity index (χ1n) is 10.2. The van der Waals surface area contributed by atoms with Gasteiger partial charge in [0.05, 0.1) is 18.0 Å². The minimum Gasteiger partial charge on any atom is -0.496 e. The molecule has 1 aromatic heterocycles. The molecule has 1 heterocycles. The summed E-state index contributed by atoms with van der Waals surface area (Å²) in [6, 6.07) is 20.9. The summed E-state index contributed by atoms with van der Waals surface area (Å²) >= 11 is 0. The molecule has 4 aromatic rings. The number of ether oxygens (including phenoxy) is 2. The van der Waals surface area contributed by atoms with Crippen molar-refractivity contribution in [2.24, 2.45) is 0 Å². The van der Waals surface area contributed by atoms with Gasteiger partial charge in [-0.05, 0) is 55.0 Å². The van der Waals surface area contributed by atoms with Crippen LogP contribution in [0.5, 0.6) is 17.4 Å². The molecule has 32 heavy (non-hydrogen) atoms. The van der Waals surface area contributed by atoms with Gasteiger partial charge >= 0.3 is 0 Å².